The Kier molecular flexibility index (Phi) is 5.94. The molecular formula is C14H27N3O. The first-order chi connectivity index (χ1) is 8.84. The number of rotatable bonds is 6. The van der Waals surface area contributed by atoms with Gasteiger partial charge < -0.3 is 15.5 Å². The first kappa shape index (κ1) is 13.8. The number of likely N-dealkylation sites (tertiary alicyclic amines) is 1. The van der Waals surface area contributed by atoms with E-state index < -0.39 is 0 Å². The highest BCUT2D eigenvalue weighted by Gasteiger charge is 2.17. The van der Waals surface area contributed by atoms with Gasteiger partial charge in [-0.25, -0.2) is 0 Å². The molecule has 0 aliphatic carbocycles. The second-order valence-corrected chi connectivity index (χ2v) is 5.60. The zero-order valence-corrected chi connectivity index (χ0v) is 11.4. The topological polar surface area (TPSA) is 44.4 Å². The van der Waals surface area contributed by atoms with E-state index in [0.29, 0.717) is 12.5 Å². The van der Waals surface area contributed by atoms with Gasteiger partial charge >= 0.3 is 0 Å². The summed E-state index contributed by atoms with van der Waals surface area (Å²) in [6, 6.07) is 0.423. The van der Waals surface area contributed by atoms with Crippen molar-refractivity contribution in [3.63, 3.8) is 0 Å². The molecule has 0 aromatic heterocycles. The minimum absolute atomic E-state index is 0.216. The summed E-state index contributed by atoms with van der Waals surface area (Å²) >= 11 is 0. The molecule has 0 bridgehead atoms. The molecule has 2 fully saturated rings. The third-order valence-electron chi connectivity index (χ3n) is 4.02. The van der Waals surface area contributed by atoms with Crippen LogP contribution in [0.3, 0.4) is 0 Å². The molecule has 2 aliphatic heterocycles. The lowest BCUT2D eigenvalue weighted by molar-refractivity contribution is -0.121. The number of carbonyl (C=O) groups excluding carboxylic acids is 1. The Morgan fingerprint density at radius 2 is 2.06 bits per heavy atom. The van der Waals surface area contributed by atoms with Crippen LogP contribution in [-0.2, 0) is 4.79 Å². The smallest absolute Gasteiger partial charge is 0.221 e. The van der Waals surface area contributed by atoms with Gasteiger partial charge in [-0.3, -0.25) is 4.79 Å². The van der Waals surface area contributed by atoms with Crippen LogP contribution in [0.4, 0.5) is 0 Å². The maximum absolute atomic E-state index is 11.7. The summed E-state index contributed by atoms with van der Waals surface area (Å²) in [6.07, 6.45) is 8.20. The molecule has 0 spiro atoms. The van der Waals surface area contributed by atoms with Crippen LogP contribution >= 0.6 is 0 Å². The molecule has 1 atom stereocenters. The highest BCUT2D eigenvalue weighted by atomic mass is 16.1. The Bertz CT molecular complexity index is 245. The van der Waals surface area contributed by atoms with Gasteiger partial charge in [-0.1, -0.05) is 6.42 Å². The Labute approximate surface area is 110 Å². The molecule has 0 saturated carbocycles. The molecule has 2 rings (SSSR count). The molecule has 2 aliphatic rings. The largest absolute Gasteiger partial charge is 0.356 e. The van der Waals surface area contributed by atoms with Crippen LogP contribution in [0.5, 0.6) is 0 Å². The van der Waals surface area contributed by atoms with Crippen molar-refractivity contribution >= 4 is 5.91 Å². The average Bonchev–Trinajstić information content (AvgIpc) is 2.89. The third kappa shape index (κ3) is 4.94. The van der Waals surface area contributed by atoms with Crippen molar-refractivity contribution in [1.82, 2.24) is 15.5 Å². The van der Waals surface area contributed by atoms with Crippen molar-refractivity contribution in [2.75, 3.05) is 32.7 Å². The van der Waals surface area contributed by atoms with E-state index in [9.17, 15) is 4.79 Å². The monoisotopic (exact) mass is 253 g/mol. The Morgan fingerprint density at radius 3 is 2.78 bits per heavy atom. The van der Waals surface area contributed by atoms with Crippen LogP contribution in [0.2, 0.25) is 0 Å². The highest BCUT2D eigenvalue weighted by molar-refractivity contribution is 5.76. The minimum atomic E-state index is 0.216. The Morgan fingerprint density at radius 1 is 1.22 bits per heavy atom. The zero-order chi connectivity index (χ0) is 12.6. The van der Waals surface area contributed by atoms with E-state index in [4.69, 9.17) is 0 Å². The van der Waals surface area contributed by atoms with Gasteiger partial charge in [0.05, 0.1) is 0 Å². The van der Waals surface area contributed by atoms with Crippen LogP contribution in [-0.4, -0.2) is 49.6 Å². The van der Waals surface area contributed by atoms with Crippen molar-refractivity contribution in [2.24, 2.45) is 0 Å². The van der Waals surface area contributed by atoms with Crippen LogP contribution < -0.4 is 10.6 Å². The molecule has 2 saturated heterocycles. The quantitative estimate of drug-likeness (QED) is 0.697. The number of nitrogens with zero attached hydrogens (tertiary/aromatic N) is 1. The molecule has 18 heavy (non-hydrogen) atoms. The van der Waals surface area contributed by atoms with Crippen molar-refractivity contribution in [1.29, 1.82) is 0 Å². The van der Waals surface area contributed by atoms with Gasteiger partial charge in [-0.2, -0.15) is 0 Å². The van der Waals surface area contributed by atoms with Gasteiger partial charge in [-0.15, -0.1) is 0 Å². The van der Waals surface area contributed by atoms with E-state index in [2.05, 4.69) is 15.5 Å². The van der Waals surface area contributed by atoms with Gasteiger partial charge in [-0.05, 0) is 58.3 Å². The first-order valence-corrected chi connectivity index (χ1v) is 7.57. The molecular weight excluding hydrogens is 226 g/mol. The predicted molar refractivity (Wildman–Crippen MR) is 73.6 cm³/mol. The van der Waals surface area contributed by atoms with Crippen LogP contribution in [0.1, 0.15) is 44.9 Å². The fourth-order valence-electron chi connectivity index (χ4n) is 2.94. The summed E-state index contributed by atoms with van der Waals surface area (Å²) in [5, 5.41) is 6.40. The maximum Gasteiger partial charge on any atom is 0.221 e. The molecule has 4 heteroatoms. The zero-order valence-electron chi connectivity index (χ0n) is 11.4. The summed E-state index contributed by atoms with van der Waals surface area (Å²) in [6.45, 7) is 5.55. The summed E-state index contributed by atoms with van der Waals surface area (Å²) in [7, 11) is 0. The SMILES string of the molecule is O=C(CC1CCCN1)NCCCN1CCCCC1. The molecule has 0 aromatic rings. The van der Waals surface area contributed by atoms with Crippen molar-refractivity contribution in [2.45, 2.75) is 51.0 Å². The van der Waals surface area contributed by atoms with E-state index >= 15 is 0 Å². The summed E-state index contributed by atoms with van der Waals surface area (Å²) in [5.74, 6) is 0.216. The average molecular weight is 253 g/mol. The summed E-state index contributed by atoms with van der Waals surface area (Å²) in [5.41, 5.74) is 0. The highest BCUT2D eigenvalue weighted by Crippen LogP contribution is 2.09. The molecule has 0 radical (unpaired) electrons. The van der Waals surface area contributed by atoms with Gasteiger partial charge in [0.2, 0.25) is 5.91 Å². The van der Waals surface area contributed by atoms with Gasteiger partial charge in [0.25, 0.3) is 0 Å². The normalized spacial score (nSPS) is 25.2. The third-order valence-corrected chi connectivity index (χ3v) is 4.02. The molecule has 1 unspecified atom stereocenters. The number of nitrogens with one attached hydrogen (secondary N) is 2. The maximum atomic E-state index is 11.7. The minimum Gasteiger partial charge on any atom is -0.356 e. The molecule has 104 valence electrons. The van der Waals surface area contributed by atoms with Gasteiger partial charge in [0.1, 0.15) is 0 Å². The fraction of sp³-hybridized carbons (Fsp3) is 0.929. The molecule has 0 aromatic carbocycles. The number of piperidine rings is 1. The second kappa shape index (κ2) is 7.74. The first-order valence-electron chi connectivity index (χ1n) is 7.57. The molecule has 2 heterocycles. The van der Waals surface area contributed by atoms with E-state index in [1.807, 2.05) is 0 Å². The lowest BCUT2D eigenvalue weighted by atomic mass is 10.1. The predicted octanol–water partition coefficient (Wildman–Crippen LogP) is 1.12. The number of hydrogen-bond donors (Lipinski definition) is 2. The van der Waals surface area contributed by atoms with Crippen LogP contribution in [0.25, 0.3) is 0 Å². The lowest BCUT2D eigenvalue weighted by Gasteiger charge is -2.26. The van der Waals surface area contributed by atoms with Crippen molar-refractivity contribution < 1.29 is 4.79 Å². The molecule has 2 N–H and O–H groups in total. The lowest BCUT2D eigenvalue weighted by Crippen LogP contribution is -2.35. The summed E-state index contributed by atoms with van der Waals surface area (Å²) < 4.78 is 0. The van der Waals surface area contributed by atoms with Gasteiger partial charge in [0, 0.05) is 19.0 Å². The van der Waals surface area contributed by atoms with E-state index in [0.717, 1.165) is 32.5 Å². The van der Waals surface area contributed by atoms with E-state index in [1.54, 1.807) is 0 Å². The molecule has 4 nitrogen and oxygen atoms in total. The second-order valence-electron chi connectivity index (χ2n) is 5.60. The fourth-order valence-corrected chi connectivity index (χ4v) is 2.94. The van der Waals surface area contributed by atoms with Crippen LogP contribution in [0, 0.1) is 0 Å². The number of carbonyl (C=O) groups is 1. The standard InChI is InChI=1S/C14H27N3O/c18-14(12-13-6-4-7-15-13)16-8-5-11-17-9-2-1-3-10-17/h13,15H,1-12H2,(H,16,18). The van der Waals surface area contributed by atoms with Crippen molar-refractivity contribution in [3.8, 4) is 0 Å². The molecule has 1 amide bonds. The number of hydrogen-bond acceptors (Lipinski definition) is 3. The summed E-state index contributed by atoms with van der Waals surface area (Å²) in [4.78, 5) is 14.2. The van der Waals surface area contributed by atoms with Gasteiger partial charge in [0.15, 0.2) is 0 Å². The van der Waals surface area contributed by atoms with Crippen LogP contribution in [0.15, 0.2) is 0 Å². The Balaban J connectivity index is 1.47. The van der Waals surface area contributed by atoms with E-state index in [1.165, 1.54) is 38.8 Å². The number of amides is 1. The Hall–Kier alpha value is -0.610. The van der Waals surface area contributed by atoms with Crippen molar-refractivity contribution in [3.05, 3.63) is 0 Å². The van der Waals surface area contributed by atoms with E-state index in [-0.39, 0.29) is 5.91 Å².